The van der Waals surface area contributed by atoms with E-state index in [9.17, 15) is 0 Å². The Balaban J connectivity index is 0.000000209. The number of rotatable bonds is 0. The highest BCUT2D eigenvalue weighted by Gasteiger charge is 2.06. The van der Waals surface area contributed by atoms with E-state index >= 15 is 0 Å². The van der Waals surface area contributed by atoms with Gasteiger partial charge in [-0.1, -0.05) is 48.6 Å². The molecule has 4 heteroatoms. The number of hydrogen-bond donors (Lipinski definition) is 2. The van der Waals surface area contributed by atoms with Crippen LogP contribution in [0.2, 0.25) is 0 Å². The van der Waals surface area contributed by atoms with Crippen molar-refractivity contribution in [1.82, 2.24) is 0 Å². The zero-order valence-corrected chi connectivity index (χ0v) is 9.54. The lowest BCUT2D eigenvalue weighted by Gasteiger charge is -2.11. The van der Waals surface area contributed by atoms with Gasteiger partial charge in [-0.2, -0.15) is 5.26 Å². The number of allylic oxidation sites excluding steroid dienone is 1. The molecule has 0 unspecified atom stereocenters. The molecule has 2 aromatic carbocycles. The van der Waals surface area contributed by atoms with E-state index in [2.05, 4.69) is 53.4 Å². The molecule has 92 valence electrons. The highest BCUT2D eigenvalue weighted by Crippen LogP contribution is 2.27. The largest absolute Gasteiger partial charge is 0.537 e. The second-order valence-corrected chi connectivity index (χ2v) is 3.83. The highest BCUT2D eigenvalue weighted by molar-refractivity contribution is 5.94. The van der Waals surface area contributed by atoms with Crippen LogP contribution in [0.3, 0.4) is 0 Å². The van der Waals surface area contributed by atoms with Crippen LogP contribution in [0.1, 0.15) is 11.1 Å². The van der Waals surface area contributed by atoms with E-state index in [-0.39, 0.29) is 0 Å². The lowest BCUT2D eigenvalue weighted by Crippen LogP contribution is -1.91. The predicted octanol–water partition coefficient (Wildman–Crippen LogP) is 3.56. The molecule has 0 radical (unpaired) electrons. The van der Waals surface area contributed by atoms with Crippen molar-refractivity contribution in [2.24, 2.45) is 0 Å². The first-order valence-electron chi connectivity index (χ1n) is 5.44. The van der Waals surface area contributed by atoms with E-state index in [1.165, 1.54) is 21.9 Å². The van der Waals surface area contributed by atoms with Crippen LogP contribution in [-0.2, 0) is 11.3 Å². The van der Waals surface area contributed by atoms with Crippen molar-refractivity contribution >= 4 is 23.0 Å². The molecule has 3 rings (SSSR count). The molecule has 0 heterocycles. The fraction of sp³-hybridized carbons (Fsp3) is 0.0714. The molecule has 18 heavy (non-hydrogen) atoms. The Morgan fingerprint density at radius 1 is 1.17 bits per heavy atom. The van der Waals surface area contributed by atoms with E-state index < -0.39 is 6.16 Å². The van der Waals surface area contributed by atoms with Gasteiger partial charge in [0.15, 0.2) is 0 Å². The number of hydrogen-bond acceptors (Lipinski definition) is 3. The van der Waals surface area contributed by atoms with Crippen LogP contribution < -0.4 is 0 Å². The molecule has 4 nitrogen and oxygen atoms in total. The third-order valence-electron chi connectivity index (χ3n) is 2.74. The molecule has 0 spiro atoms. The van der Waals surface area contributed by atoms with Gasteiger partial charge in [-0.15, -0.1) is 0 Å². The van der Waals surface area contributed by atoms with Crippen LogP contribution in [0.5, 0.6) is 0 Å². The van der Waals surface area contributed by atoms with Crippen molar-refractivity contribution in [2.45, 2.75) is 6.42 Å². The summed E-state index contributed by atoms with van der Waals surface area (Å²) in [7, 11) is 0. The number of carboxylic acid groups (broad SMARTS) is 1. The average molecular weight is 244 g/mol. The van der Waals surface area contributed by atoms with Crippen molar-refractivity contribution in [2.75, 3.05) is 0 Å². The molecule has 2 aromatic rings. The topological polar surface area (TPSA) is 66.8 Å². The van der Waals surface area contributed by atoms with Gasteiger partial charge in [0.05, 0.1) is 0 Å². The summed E-state index contributed by atoms with van der Waals surface area (Å²) >= 11 is 0. The minimum atomic E-state index is -1.69. The lowest BCUT2D eigenvalue weighted by atomic mass is 9.93. The Hall–Kier alpha value is -2.33. The molecular formula is C14H12O4. The summed E-state index contributed by atoms with van der Waals surface area (Å²) in [5, 5.41) is 17.1. The minimum Gasteiger partial charge on any atom is -0.448 e. The molecule has 0 fully saturated rings. The summed E-state index contributed by atoms with van der Waals surface area (Å²) < 4.78 is 0. The van der Waals surface area contributed by atoms with Crippen molar-refractivity contribution in [1.29, 1.82) is 0 Å². The first-order chi connectivity index (χ1) is 8.72. The number of carbonyl (C=O) groups is 1. The summed E-state index contributed by atoms with van der Waals surface area (Å²) in [5.41, 5.74) is 2.81. The van der Waals surface area contributed by atoms with Crippen LogP contribution in [0, 0.1) is 0 Å². The van der Waals surface area contributed by atoms with Gasteiger partial charge in [0.25, 0.3) is 0 Å². The molecule has 0 saturated carbocycles. The standard InChI is InChI=1S/C13H10.CH2O4/c1-4-10-6-2-8-12-9-3-7-11(5-1)13(10)12;2-1(3)5-4/h1-8H,9H2;4H,(H,2,3). The van der Waals surface area contributed by atoms with Crippen molar-refractivity contribution < 1.29 is 20.0 Å². The van der Waals surface area contributed by atoms with Crippen LogP contribution in [0.25, 0.3) is 16.8 Å². The fourth-order valence-electron chi connectivity index (χ4n) is 2.07. The molecular weight excluding hydrogens is 232 g/mol. The SMILES string of the molecule is C1=Cc2cccc3cccc(c23)C1.O=C(O)OO. The second kappa shape index (κ2) is 5.33. The van der Waals surface area contributed by atoms with Gasteiger partial charge in [0, 0.05) is 0 Å². The summed E-state index contributed by atoms with van der Waals surface area (Å²) in [4.78, 5) is 11.6. The maximum Gasteiger partial charge on any atom is 0.537 e. The normalized spacial score (nSPS) is 11.6. The quantitative estimate of drug-likeness (QED) is 0.549. The zero-order valence-electron chi connectivity index (χ0n) is 9.54. The van der Waals surface area contributed by atoms with Crippen LogP contribution in [-0.4, -0.2) is 16.5 Å². The van der Waals surface area contributed by atoms with Gasteiger partial charge < -0.3 is 5.11 Å². The van der Waals surface area contributed by atoms with Crippen LogP contribution in [0.15, 0.2) is 42.5 Å². The molecule has 0 atom stereocenters. The fourth-order valence-corrected chi connectivity index (χ4v) is 2.07. The number of benzene rings is 2. The smallest absolute Gasteiger partial charge is 0.448 e. The minimum absolute atomic E-state index is 1.08. The van der Waals surface area contributed by atoms with E-state index in [0.717, 1.165) is 6.42 Å². The first kappa shape index (κ1) is 12.1. The van der Waals surface area contributed by atoms with Gasteiger partial charge >= 0.3 is 6.16 Å². The van der Waals surface area contributed by atoms with E-state index in [0.29, 0.717) is 0 Å². The van der Waals surface area contributed by atoms with E-state index in [1.807, 2.05) is 0 Å². The molecule has 0 aliphatic heterocycles. The molecule has 0 aromatic heterocycles. The summed E-state index contributed by atoms with van der Waals surface area (Å²) in [5.74, 6) is 0. The maximum atomic E-state index is 8.90. The van der Waals surface area contributed by atoms with Crippen LogP contribution in [0.4, 0.5) is 4.79 Å². The van der Waals surface area contributed by atoms with Gasteiger partial charge in [-0.25, -0.2) is 4.79 Å². The van der Waals surface area contributed by atoms with Gasteiger partial charge in [0.2, 0.25) is 0 Å². The predicted molar refractivity (Wildman–Crippen MR) is 68.4 cm³/mol. The van der Waals surface area contributed by atoms with E-state index in [4.69, 9.17) is 15.2 Å². The van der Waals surface area contributed by atoms with Gasteiger partial charge in [-0.3, -0.25) is 4.89 Å². The Morgan fingerprint density at radius 2 is 1.83 bits per heavy atom. The van der Waals surface area contributed by atoms with Crippen molar-refractivity contribution in [3.63, 3.8) is 0 Å². The Kier molecular flexibility index (Phi) is 3.60. The molecule has 1 aliphatic carbocycles. The lowest BCUT2D eigenvalue weighted by molar-refractivity contribution is -0.194. The van der Waals surface area contributed by atoms with Gasteiger partial charge in [0.1, 0.15) is 0 Å². The highest BCUT2D eigenvalue weighted by atomic mass is 17.1. The maximum absolute atomic E-state index is 8.90. The Bertz CT molecular complexity index is 597. The van der Waals surface area contributed by atoms with Crippen molar-refractivity contribution in [3.05, 3.63) is 53.6 Å². The average Bonchev–Trinajstić information content (AvgIpc) is 2.41. The Labute approximate surface area is 104 Å². The molecule has 2 N–H and O–H groups in total. The van der Waals surface area contributed by atoms with Crippen molar-refractivity contribution in [3.8, 4) is 0 Å². The zero-order chi connectivity index (χ0) is 13.0. The third kappa shape index (κ3) is 2.49. The molecule has 0 bridgehead atoms. The van der Waals surface area contributed by atoms with Crippen LogP contribution >= 0.6 is 0 Å². The third-order valence-corrected chi connectivity index (χ3v) is 2.74. The Morgan fingerprint density at radius 3 is 2.50 bits per heavy atom. The molecule has 1 aliphatic rings. The van der Waals surface area contributed by atoms with Gasteiger partial charge in [-0.05, 0) is 28.3 Å². The monoisotopic (exact) mass is 244 g/mol. The molecule has 0 amide bonds. The summed E-state index contributed by atoms with van der Waals surface area (Å²) in [6.45, 7) is 0. The first-order valence-corrected chi connectivity index (χ1v) is 5.44. The summed E-state index contributed by atoms with van der Waals surface area (Å²) in [6.07, 6.45) is 3.84. The summed E-state index contributed by atoms with van der Waals surface area (Å²) in [6, 6.07) is 13.0. The molecule has 0 saturated heterocycles. The second-order valence-electron chi connectivity index (χ2n) is 3.83. The van der Waals surface area contributed by atoms with E-state index in [1.54, 1.807) is 0 Å².